The Bertz CT molecular complexity index is 1120. The first-order chi connectivity index (χ1) is 15.3. The fraction of sp³-hybridized carbons (Fsp3) is 0.174. The summed E-state index contributed by atoms with van der Waals surface area (Å²) in [6, 6.07) is 17.9. The quantitative estimate of drug-likeness (QED) is 0.271. The van der Waals surface area contributed by atoms with Crippen molar-refractivity contribution in [1.29, 1.82) is 0 Å². The number of benzene rings is 2. The average Bonchev–Trinajstić information content (AvgIpc) is 3.23. The fourth-order valence-electron chi connectivity index (χ4n) is 2.99. The molecule has 4 rings (SSSR count). The minimum atomic E-state index is -0.370. The third-order valence-corrected chi connectivity index (χ3v) is 5.28. The van der Waals surface area contributed by atoms with E-state index in [1.54, 1.807) is 30.6 Å². The zero-order chi connectivity index (χ0) is 21.5. The Morgan fingerprint density at radius 2 is 1.71 bits per heavy atom. The Morgan fingerprint density at radius 1 is 0.935 bits per heavy atom. The number of aromatic nitrogens is 4. The van der Waals surface area contributed by atoms with Gasteiger partial charge in [-0.2, -0.15) is 0 Å². The van der Waals surface area contributed by atoms with Crippen molar-refractivity contribution in [2.75, 3.05) is 19.0 Å². The predicted octanol–water partition coefficient (Wildman–Crippen LogP) is 5.04. The summed E-state index contributed by atoms with van der Waals surface area (Å²) in [5.41, 5.74) is 1.82. The molecule has 0 aliphatic rings. The van der Waals surface area contributed by atoms with Crippen LogP contribution in [0.4, 0.5) is 4.39 Å². The van der Waals surface area contributed by atoms with Crippen molar-refractivity contribution >= 4 is 11.8 Å². The minimum Gasteiger partial charge on any atom is -0.494 e. The molecule has 2 aromatic carbocycles. The fourth-order valence-corrected chi connectivity index (χ4v) is 3.76. The van der Waals surface area contributed by atoms with Gasteiger partial charge in [0.2, 0.25) is 0 Å². The maximum atomic E-state index is 13.7. The number of pyridine rings is 1. The van der Waals surface area contributed by atoms with E-state index >= 15 is 0 Å². The van der Waals surface area contributed by atoms with Gasteiger partial charge in [-0.15, -0.1) is 10.2 Å². The van der Waals surface area contributed by atoms with Gasteiger partial charge in [-0.05, 0) is 55.5 Å². The number of thioether (sulfide) groups is 1. The molecule has 0 unspecified atom stereocenters. The third-order valence-electron chi connectivity index (χ3n) is 4.39. The lowest BCUT2D eigenvalue weighted by Crippen LogP contribution is -2.04. The van der Waals surface area contributed by atoms with Gasteiger partial charge in [-0.3, -0.25) is 9.55 Å². The van der Waals surface area contributed by atoms with Crippen molar-refractivity contribution in [3.05, 3.63) is 78.9 Å². The van der Waals surface area contributed by atoms with Crippen LogP contribution in [0, 0.1) is 5.82 Å². The summed E-state index contributed by atoms with van der Waals surface area (Å²) >= 11 is 1.49. The molecule has 6 nitrogen and oxygen atoms in total. The van der Waals surface area contributed by atoms with Gasteiger partial charge in [-0.25, -0.2) is 4.39 Å². The lowest BCUT2D eigenvalue weighted by atomic mass is 10.2. The van der Waals surface area contributed by atoms with Gasteiger partial charge in [0.25, 0.3) is 0 Å². The number of para-hydroxylation sites is 1. The van der Waals surface area contributed by atoms with Crippen LogP contribution in [0.1, 0.15) is 6.92 Å². The van der Waals surface area contributed by atoms with Crippen LogP contribution >= 0.6 is 11.8 Å². The predicted molar refractivity (Wildman–Crippen MR) is 118 cm³/mol. The molecule has 0 aliphatic carbocycles. The van der Waals surface area contributed by atoms with Gasteiger partial charge >= 0.3 is 0 Å². The van der Waals surface area contributed by atoms with Gasteiger partial charge in [0.1, 0.15) is 5.75 Å². The molecule has 0 saturated heterocycles. The number of halogens is 1. The SMILES string of the molecule is CCOc1ccc(-n2c(SCCOc3ccccc3F)nnc2-c2ccncc2)cc1. The van der Waals surface area contributed by atoms with Crippen molar-refractivity contribution in [2.45, 2.75) is 12.1 Å². The average molecular weight is 437 g/mol. The Balaban J connectivity index is 1.55. The summed E-state index contributed by atoms with van der Waals surface area (Å²) in [5.74, 6) is 1.97. The van der Waals surface area contributed by atoms with E-state index in [1.165, 1.54) is 17.8 Å². The highest BCUT2D eigenvalue weighted by Crippen LogP contribution is 2.29. The smallest absolute Gasteiger partial charge is 0.196 e. The van der Waals surface area contributed by atoms with Crippen molar-refractivity contribution in [3.8, 4) is 28.6 Å². The molecule has 0 fully saturated rings. The molecule has 4 aromatic rings. The maximum absolute atomic E-state index is 13.7. The number of hydrogen-bond donors (Lipinski definition) is 0. The molecular formula is C23H21FN4O2S. The molecule has 2 heterocycles. The normalized spacial score (nSPS) is 10.8. The first kappa shape index (κ1) is 20.9. The molecular weight excluding hydrogens is 415 g/mol. The van der Waals surface area contributed by atoms with Crippen molar-refractivity contribution in [1.82, 2.24) is 19.7 Å². The molecule has 2 aromatic heterocycles. The topological polar surface area (TPSA) is 62.1 Å². The summed E-state index contributed by atoms with van der Waals surface area (Å²) in [6.45, 7) is 2.90. The lowest BCUT2D eigenvalue weighted by Gasteiger charge is -2.12. The van der Waals surface area contributed by atoms with Crippen LogP contribution in [0.15, 0.2) is 78.2 Å². The van der Waals surface area contributed by atoms with Gasteiger partial charge < -0.3 is 9.47 Å². The van der Waals surface area contributed by atoms with Crippen LogP contribution in [0.2, 0.25) is 0 Å². The summed E-state index contributed by atoms with van der Waals surface area (Å²) in [6.07, 6.45) is 3.45. The summed E-state index contributed by atoms with van der Waals surface area (Å²) in [4.78, 5) is 4.08. The van der Waals surface area contributed by atoms with E-state index in [-0.39, 0.29) is 11.6 Å². The van der Waals surface area contributed by atoms with E-state index < -0.39 is 0 Å². The molecule has 0 N–H and O–H groups in total. The summed E-state index contributed by atoms with van der Waals surface area (Å²) in [5, 5.41) is 9.51. The molecule has 8 heteroatoms. The number of ether oxygens (including phenoxy) is 2. The van der Waals surface area contributed by atoms with E-state index in [2.05, 4.69) is 15.2 Å². The standard InChI is InChI=1S/C23H21FN4O2S/c1-2-29-19-9-7-18(8-10-19)28-22(17-11-13-25-14-12-17)26-27-23(28)31-16-15-30-21-6-4-3-5-20(21)24/h3-14H,2,15-16H2,1H3. The molecule has 0 radical (unpaired) electrons. The molecule has 0 spiro atoms. The molecule has 31 heavy (non-hydrogen) atoms. The number of rotatable bonds is 9. The Morgan fingerprint density at radius 3 is 2.45 bits per heavy atom. The molecule has 0 bridgehead atoms. The second kappa shape index (κ2) is 10.1. The van der Waals surface area contributed by atoms with E-state index in [1.807, 2.05) is 47.9 Å². The maximum Gasteiger partial charge on any atom is 0.196 e. The Labute approximate surface area is 184 Å². The minimum absolute atomic E-state index is 0.244. The first-order valence-electron chi connectivity index (χ1n) is 9.85. The second-order valence-electron chi connectivity index (χ2n) is 6.43. The highest BCUT2D eigenvalue weighted by molar-refractivity contribution is 7.99. The first-order valence-corrected chi connectivity index (χ1v) is 10.8. The molecule has 0 atom stereocenters. The molecule has 0 saturated carbocycles. The number of hydrogen-bond acceptors (Lipinski definition) is 6. The van der Waals surface area contributed by atoms with Crippen LogP contribution in [0.25, 0.3) is 17.1 Å². The molecule has 0 aliphatic heterocycles. The van der Waals surface area contributed by atoms with Crippen molar-refractivity contribution < 1.29 is 13.9 Å². The zero-order valence-corrected chi connectivity index (χ0v) is 17.8. The van der Waals surface area contributed by atoms with Crippen LogP contribution in [-0.2, 0) is 0 Å². The van der Waals surface area contributed by atoms with E-state index in [0.717, 1.165) is 17.0 Å². The van der Waals surface area contributed by atoms with E-state index in [4.69, 9.17) is 9.47 Å². The summed E-state index contributed by atoms with van der Waals surface area (Å²) < 4.78 is 26.8. The van der Waals surface area contributed by atoms with Crippen LogP contribution in [0.3, 0.4) is 0 Å². The highest BCUT2D eigenvalue weighted by atomic mass is 32.2. The van der Waals surface area contributed by atoms with E-state index in [9.17, 15) is 4.39 Å². The monoisotopic (exact) mass is 436 g/mol. The van der Waals surface area contributed by atoms with Gasteiger partial charge in [0.15, 0.2) is 22.5 Å². The summed E-state index contributed by atoms with van der Waals surface area (Å²) in [7, 11) is 0. The number of nitrogens with zero attached hydrogens (tertiary/aromatic N) is 4. The van der Waals surface area contributed by atoms with Crippen molar-refractivity contribution in [3.63, 3.8) is 0 Å². The zero-order valence-electron chi connectivity index (χ0n) is 16.9. The Kier molecular flexibility index (Phi) is 6.78. The van der Waals surface area contributed by atoms with Crippen LogP contribution in [-0.4, -0.2) is 38.7 Å². The Hall–Kier alpha value is -3.39. The highest BCUT2D eigenvalue weighted by Gasteiger charge is 2.16. The van der Waals surface area contributed by atoms with Crippen LogP contribution < -0.4 is 9.47 Å². The second-order valence-corrected chi connectivity index (χ2v) is 7.49. The van der Waals surface area contributed by atoms with Gasteiger partial charge in [0, 0.05) is 29.4 Å². The van der Waals surface area contributed by atoms with Gasteiger partial charge in [-0.1, -0.05) is 23.9 Å². The molecule has 0 amide bonds. The van der Waals surface area contributed by atoms with Gasteiger partial charge in [0.05, 0.1) is 13.2 Å². The van der Waals surface area contributed by atoms with E-state index in [0.29, 0.717) is 29.9 Å². The van der Waals surface area contributed by atoms with Crippen molar-refractivity contribution in [2.24, 2.45) is 0 Å². The molecule has 158 valence electrons. The van der Waals surface area contributed by atoms with Crippen LogP contribution in [0.5, 0.6) is 11.5 Å². The third kappa shape index (κ3) is 5.03. The lowest BCUT2D eigenvalue weighted by molar-refractivity contribution is 0.325. The largest absolute Gasteiger partial charge is 0.494 e.